The van der Waals surface area contributed by atoms with Crippen molar-refractivity contribution in [3.63, 3.8) is 0 Å². The lowest BCUT2D eigenvalue weighted by Crippen LogP contribution is -2.38. The minimum atomic E-state index is -0.819. The smallest absolute Gasteiger partial charge is 0.323 e. The molecule has 0 fully saturated rings. The van der Waals surface area contributed by atoms with Crippen molar-refractivity contribution < 1.29 is 13.9 Å². The molecule has 2 rings (SSSR count). The number of halogens is 1. The Labute approximate surface area is 105 Å². The summed E-state index contributed by atoms with van der Waals surface area (Å²) in [5.74, 6) is -1.15. The van der Waals surface area contributed by atoms with E-state index in [1.165, 1.54) is 12.1 Å². The molecule has 0 saturated heterocycles. The van der Waals surface area contributed by atoms with Crippen LogP contribution < -0.4 is 5.73 Å². The molecule has 1 unspecified atom stereocenters. The number of hydrogen-bond donors (Lipinski definition) is 1. The van der Waals surface area contributed by atoms with Gasteiger partial charge in [-0.15, -0.1) is 0 Å². The third-order valence-corrected chi connectivity index (χ3v) is 3.22. The number of fused-ring (bicyclic) bond motifs is 1. The Hall–Kier alpha value is -1.68. The number of carbonyl (C=O) groups excluding carboxylic acids is 1. The van der Waals surface area contributed by atoms with Crippen molar-refractivity contribution in [2.75, 3.05) is 6.61 Å². The van der Waals surface area contributed by atoms with Crippen molar-refractivity contribution >= 4 is 5.97 Å². The zero-order valence-electron chi connectivity index (χ0n) is 10.3. The molecule has 0 saturated carbocycles. The summed E-state index contributed by atoms with van der Waals surface area (Å²) in [4.78, 5) is 11.7. The number of carbonyl (C=O) groups is 1. The van der Waals surface area contributed by atoms with Crippen molar-refractivity contribution in [3.05, 3.63) is 47.3 Å². The molecule has 1 aliphatic carbocycles. The van der Waals surface area contributed by atoms with E-state index in [1.54, 1.807) is 13.0 Å². The van der Waals surface area contributed by atoms with E-state index in [0.717, 1.165) is 16.7 Å². The molecule has 1 aromatic rings. The van der Waals surface area contributed by atoms with Crippen molar-refractivity contribution in [2.45, 2.75) is 25.3 Å². The molecule has 3 nitrogen and oxygen atoms in total. The highest BCUT2D eigenvalue weighted by Gasteiger charge is 2.35. The number of nitrogens with two attached hydrogens (primary N) is 1. The summed E-state index contributed by atoms with van der Waals surface area (Å²) in [5, 5.41) is 0. The fourth-order valence-corrected chi connectivity index (χ4v) is 2.41. The van der Waals surface area contributed by atoms with Gasteiger partial charge in [0.25, 0.3) is 0 Å². The van der Waals surface area contributed by atoms with Gasteiger partial charge in [-0.25, -0.2) is 4.39 Å². The Morgan fingerprint density at radius 1 is 1.67 bits per heavy atom. The first kappa shape index (κ1) is 12.8. The Morgan fingerprint density at radius 2 is 2.39 bits per heavy atom. The molecule has 0 bridgehead atoms. The van der Waals surface area contributed by atoms with Gasteiger partial charge >= 0.3 is 5.97 Å². The van der Waals surface area contributed by atoms with E-state index in [-0.39, 0.29) is 18.3 Å². The molecule has 1 aliphatic rings. The quantitative estimate of drug-likeness (QED) is 0.657. The first-order valence-corrected chi connectivity index (χ1v) is 5.92. The molecule has 2 atom stereocenters. The maximum Gasteiger partial charge on any atom is 0.323 e. The first-order chi connectivity index (χ1) is 8.54. The average molecular weight is 249 g/mol. The van der Waals surface area contributed by atoms with Gasteiger partial charge in [-0.3, -0.25) is 4.79 Å². The van der Waals surface area contributed by atoms with Crippen LogP contribution in [0.5, 0.6) is 0 Å². The average Bonchev–Trinajstić information content (AvgIpc) is 2.64. The van der Waals surface area contributed by atoms with Crippen LogP contribution in [-0.4, -0.2) is 18.6 Å². The Bertz CT molecular complexity index is 499. The Balaban J connectivity index is 2.32. The van der Waals surface area contributed by atoms with Crippen LogP contribution in [0, 0.1) is 5.82 Å². The van der Waals surface area contributed by atoms with E-state index in [2.05, 4.69) is 6.58 Å². The van der Waals surface area contributed by atoms with Gasteiger partial charge in [-0.2, -0.15) is 0 Å². The van der Waals surface area contributed by atoms with Crippen LogP contribution >= 0.6 is 0 Å². The summed E-state index contributed by atoms with van der Waals surface area (Å²) in [6.07, 6.45) is 0.632. The van der Waals surface area contributed by atoms with E-state index < -0.39 is 12.0 Å². The molecule has 0 aliphatic heterocycles. The molecule has 0 spiro atoms. The SMILES string of the molecule is C=C1Cc2ccc(F)cc2C1[C@H](N)C(=O)OCC. The monoisotopic (exact) mass is 249 g/mol. The van der Waals surface area contributed by atoms with Crippen molar-refractivity contribution in [3.8, 4) is 0 Å². The molecule has 0 radical (unpaired) electrons. The predicted octanol–water partition coefficient (Wildman–Crippen LogP) is 1.91. The number of ether oxygens (including phenoxy) is 1. The normalized spacial score (nSPS) is 19.5. The van der Waals surface area contributed by atoms with Gasteiger partial charge in [0.05, 0.1) is 6.61 Å². The standard InChI is InChI=1S/C14H16FNO2/c1-3-18-14(17)13(16)12-8(2)6-9-4-5-10(15)7-11(9)12/h4-5,7,12-13H,2-3,6,16H2,1H3/t12?,13-/m0/s1. The van der Waals surface area contributed by atoms with Crippen molar-refractivity contribution in [2.24, 2.45) is 5.73 Å². The largest absolute Gasteiger partial charge is 0.465 e. The summed E-state index contributed by atoms with van der Waals surface area (Å²) in [7, 11) is 0. The highest BCUT2D eigenvalue weighted by molar-refractivity contribution is 5.78. The predicted molar refractivity (Wildman–Crippen MR) is 66.6 cm³/mol. The van der Waals surface area contributed by atoms with Gasteiger partial charge in [0, 0.05) is 5.92 Å². The zero-order valence-corrected chi connectivity index (χ0v) is 10.3. The van der Waals surface area contributed by atoms with Crippen LogP contribution in [-0.2, 0) is 16.0 Å². The second-order valence-corrected chi connectivity index (χ2v) is 4.43. The lowest BCUT2D eigenvalue weighted by atomic mass is 9.91. The molecule has 1 aromatic carbocycles. The second kappa shape index (κ2) is 4.90. The Morgan fingerprint density at radius 3 is 3.06 bits per heavy atom. The molecule has 4 heteroatoms. The first-order valence-electron chi connectivity index (χ1n) is 5.92. The Kier molecular flexibility index (Phi) is 3.48. The van der Waals surface area contributed by atoms with Crippen LogP contribution in [0.3, 0.4) is 0 Å². The van der Waals surface area contributed by atoms with Gasteiger partial charge in [-0.05, 0) is 36.6 Å². The van der Waals surface area contributed by atoms with E-state index >= 15 is 0 Å². The van der Waals surface area contributed by atoms with Crippen LogP contribution in [0.2, 0.25) is 0 Å². The molecular formula is C14H16FNO2. The zero-order chi connectivity index (χ0) is 13.3. The highest BCUT2D eigenvalue weighted by atomic mass is 19.1. The molecular weight excluding hydrogens is 233 g/mol. The maximum atomic E-state index is 13.3. The minimum absolute atomic E-state index is 0.280. The summed E-state index contributed by atoms with van der Waals surface area (Å²) in [5.41, 5.74) is 8.46. The van der Waals surface area contributed by atoms with Gasteiger partial charge in [0.15, 0.2) is 0 Å². The highest BCUT2D eigenvalue weighted by Crippen LogP contribution is 2.38. The maximum absolute atomic E-state index is 13.3. The third-order valence-electron chi connectivity index (χ3n) is 3.22. The fraction of sp³-hybridized carbons (Fsp3) is 0.357. The second-order valence-electron chi connectivity index (χ2n) is 4.43. The van der Waals surface area contributed by atoms with Crippen molar-refractivity contribution in [1.82, 2.24) is 0 Å². The molecule has 0 aromatic heterocycles. The topological polar surface area (TPSA) is 52.3 Å². The lowest BCUT2D eigenvalue weighted by molar-refractivity contribution is -0.145. The van der Waals surface area contributed by atoms with Crippen LogP contribution in [0.25, 0.3) is 0 Å². The van der Waals surface area contributed by atoms with Gasteiger partial charge in [0.2, 0.25) is 0 Å². The third kappa shape index (κ3) is 2.16. The summed E-state index contributed by atoms with van der Waals surface area (Å²) < 4.78 is 18.2. The van der Waals surface area contributed by atoms with Crippen molar-refractivity contribution in [1.29, 1.82) is 0 Å². The molecule has 96 valence electrons. The number of esters is 1. The van der Waals surface area contributed by atoms with Gasteiger partial charge < -0.3 is 10.5 Å². The van der Waals surface area contributed by atoms with Gasteiger partial charge in [0.1, 0.15) is 11.9 Å². The number of hydrogen-bond acceptors (Lipinski definition) is 3. The molecule has 0 heterocycles. The van der Waals surface area contributed by atoms with E-state index in [1.807, 2.05) is 0 Å². The van der Waals surface area contributed by atoms with E-state index in [0.29, 0.717) is 6.42 Å². The molecule has 0 amide bonds. The van der Waals surface area contributed by atoms with Crippen LogP contribution in [0.1, 0.15) is 24.0 Å². The number of rotatable bonds is 3. The number of benzene rings is 1. The lowest BCUT2D eigenvalue weighted by Gasteiger charge is -2.19. The fourth-order valence-electron chi connectivity index (χ4n) is 2.41. The summed E-state index contributed by atoms with van der Waals surface area (Å²) in [6.45, 7) is 5.94. The van der Waals surface area contributed by atoms with Crippen LogP contribution in [0.4, 0.5) is 4.39 Å². The van der Waals surface area contributed by atoms with Gasteiger partial charge in [-0.1, -0.05) is 18.2 Å². The minimum Gasteiger partial charge on any atom is -0.465 e. The molecule has 2 N–H and O–H groups in total. The van der Waals surface area contributed by atoms with E-state index in [9.17, 15) is 9.18 Å². The summed E-state index contributed by atoms with van der Waals surface area (Å²) >= 11 is 0. The van der Waals surface area contributed by atoms with Crippen LogP contribution in [0.15, 0.2) is 30.4 Å². The molecule has 18 heavy (non-hydrogen) atoms. The van der Waals surface area contributed by atoms with E-state index in [4.69, 9.17) is 10.5 Å². The summed E-state index contributed by atoms with van der Waals surface area (Å²) in [6, 6.07) is 3.73.